The highest BCUT2D eigenvalue weighted by Crippen LogP contribution is 2.24. The molecule has 7 heteroatoms. The standard InChI is InChI=1S/C21H26ClN3O2S/c1-3-10-25(15-19-8-9-20(22)28-19)16(2)21(26)23-17-4-6-18(7-5-17)24-11-13-27-14-12-24/h3-9,16H,1,10-15H2,2H3,(H,23,26)/t16-/m1/s1. The third-order valence-corrected chi connectivity index (χ3v) is 6.01. The number of anilines is 2. The van der Waals surface area contributed by atoms with Crippen LogP contribution in [0, 0.1) is 0 Å². The smallest absolute Gasteiger partial charge is 0.241 e. The van der Waals surface area contributed by atoms with E-state index in [9.17, 15) is 4.79 Å². The summed E-state index contributed by atoms with van der Waals surface area (Å²) in [5.74, 6) is -0.0383. The van der Waals surface area contributed by atoms with E-state index in [1.54, 1.807) is 0 Å². The zero-order valence-corrected chi connectivity index (χ0v) is 17.6. The highest BCUT2D eigenvalue weighted by atomic mass is 35.5. The highest BCUT2D eigenvalue weighted by Gasteiger charge is 2.21. The summed E-state index contributed by atoms with van der Waals surface area (Å²) in [5, 5.41) is 3.02. The SMILES string of the molecule is C=CCN(Cc1ccc(Cl)s1)[C@H](C)C(=O)Nc1ccc(N2CCOCC2)cc1. The van der Waals surface area contributed by atoms with Crippen molar-refractivity contribution in [2.45, 2.75) is 19.5 Å². The minimum atomic E-state index is -0.294. The molecule has 1 fully saturated rings. The van der Waals surface area contributed by atoms with Crippen molar-refractivity contribution in [3.63, 3.8) is 0 Å². The van der Waals surface area contributed by atoms with Gasteiger partial charge in [-0.25, -0.2) is 0 Å². The monoisotopic (exact) mass is 419 g/mol. The molecule has 0 unspecified atom stereocenters. The van der Waals surface area contributed by atoms with Gasteiger partial charge in [-0.2, -0.15) is 0 Å². The number of hydrogen-bond donors (Lipinski definition) is 1. The van der Waals surface area contributed by atoms with Crippen LogP contribution in [0.4, 0.5) is 11.4 Å². The molecule has 0 radical (unpaired) electrons. The fraction of sp³-hybridized carbons (Fsp3) is 0.381. The second-order valence-electron chi connectivity index (χ2n) is 6.74. The predicted molar refractivity (Wildman–Crippen MR) is 118 cm³/mol. The van der Waals surface area contributed by atoms with Crippen LogP contribution in [-0.4, -0.2) is 49.7 Å². The molecule has 1 amide bonds. The lowest BCUT2D eigenvalue weighted by atomic mass is 10.2. The van der Waals surface area contributed by atoms with Crippen LogP contribution >= 0.6 is 22.9 Å². The van der Waals surface area contributed by atoms with Gasteiger partial charge >= 0.3 is 0 Å². The number of carbonyl (C=O) groups excluding carboxylic acids is 1. The molecule has 0 bridgehead atoms. The van der Waals surface area contributed by atoms with E-state index in [1.807, 2.05) is 49.4 Å². The van der Waals surface area contributed by atoms with Gasteiger partial charge in [0.05, 0.1) is 23.6 Å². The van der Waals surface area contributed by atoms with E-state index >= 15 is 0 Å². The Labute approximate surface area is 175 Å². The summed E-state index contributed by atoms with van der Waals surface area (Å²) in [6.45, 7) is 10.3. The summed E-state index contributed by atoms with van der Waals surface area (Å²) in [6, 6.07) is 11.6. The van der Waals surface area contributed by atoms with Crippen LogP contribution in [0.3, 0.4) is 0 Å². The molecule has 0 aliphatic carbocycles. The normalized spacial score (nSPS) is 15.5. The molecule has 150 valence electrons. The van der Waals surface area contributed by atoms with Crippen molar-refractivity contribution >= 4 is 40.2 Å². The molecule has 3 rings (SSSR count). The topological polar surface area (TPSA) is 44.8 Å². The molecule has 1 aromatic heterocycles. The largest absolute Gasteiger partial charge is 0.378 e. The number of thiophene rings is 1. The maximum Gasteiger partial charge on any atom is 0.241 e. The molecule has 1 aliphatic heterocycles. The van der Waals surface area contributed by atoms with Gasteiger partial charge in [0, 0.05) is 42.4 Å². The molecular formula is C21H26ClN3O2S. The molecule has 0 saturated carbocycles. The molecule has 1 aromatic carbocycles. The Morgan fingerprint density at radius 3 is 2.64 bits per heavy atom. The fourth-order valence-corrected chi connectivity index (χ4v) is 4.27. The van der Waals surface area contributed by atoms with Gasteiger partial charge in [-0.1, -0.05) is 17.7 Å². The fourth-order valence-electron chi connectivity index (χ4n) is 3.15. The van der Waals surface area contributed by atoms with Crippen LogP contribution in [0.5, 0.6) is 0 Å². The number of nitrogens with one attached hydrogen (secondary N) is 1. The number of halogens is 1. The molecule has 0 spiro atoms. The molecule has 1 atom stereocenters. The molecule has 2 heterocycles. The summed E-state index contributed by atoms with van der Waals surface area (Å²) in [4.78, 5) is 18.3. The zero-order valence-electron chi connectivity index (χ0n) is 16.1. The van der Waals surface area contributed by atoms with Gasteiger partial charge in [0.25, 0.3) is 0 Å². The second-order valence-corrected chi connectivity index (χ2v) is 8.54. The Bertz CT molecular complexity index is 787. The molecular weight excluding hydrogens is 394 g/mol. The number of nitrogens with zero attached hydrogens (tertiary/aromatic N) is 2. The average molecular weight is 420 g/mol. The molecule has 5 nitrogen and oxygen atoms in total. The van der Waals surface area contributed by atoms with Gasteiger partial charge in [0.15, 0.2) is 0 Å². The third kappa shape index (κ3) is 5.58. The number of benzene rings is 1. The lowest BCUT2D eigenvalue weighted by Gasteiger charge is -2.29. The van der Waals surface area contributed by atoms with Crippen LogP contribution in [-0.2, 0) is 16.1 Å². The van der Waals surface area contributed by atoms with Gasteiger partial charge < -0.3 is 15.0 Å². The van der Waals surface area contributed by atoms with Crippen LogP contribution in [0.15, 0.2) is 49.1 Å². The van der Waals surface area contributed by atoms with Crippen molar-refractivity contribution in [3.8, 4) is 0 Å². The lowest BCUT2D eigenvalue weighted by Crippen LogP contribution is -2.41. The Hall–Kier alpha value is -1.86. The summed E-state index contributed by atoms with van der Waals surface area (Å²) in [6.07, 6.45) is 1.82. The van der Waals surface area contributed by atoms with Crippen molar-refractivity contribution in [1.82, 2.24) is 4.90 Å². The summed E-state index contributed by atoms with van der Waals surface area (Å²) < 4.78 is 6.15. The first-order chi connectivity index (χ1) is 13.6. The van der Waals surface area contributed by atoms with Crippen molar-refractivity contribution in [2.75, 3.05) is 43.1 Å². The van der Waals surface area contributed by atoms with Gasteiger partial charge in [-0.3, -0.25) is 9.69 Å². The van der Waals surface area contributed by atoms with E-state index in [0.29, 0.717) is 13.1 Å². The quantitative estimate of drug-likeness (QED) is 0.649. The first-order valence-corrected chi connectivity index (χ1v) is 10.6. The van der Waals surface area contributed by atoms with Crippen molar-refractivity contribution in [2.24, 2.45) is 0 Å². The lowest BCUT2D eigenvalue weighted by molar-refractivity contribution is -0.120. The van der Waals surface area contributed by atoms with Gasteiger partial charge in [0.1, 0.15) is 0 Å². The molecule has 28 heavy (non-hydrogen) atoms. The zero-order chi connectivity index (χ0) is 19.9. The Kier molecular flexibility index (Phi) is 7.50. The number of rotatable bonds is 8. The van der Waals surface area contributed by atoms with E-state index < -0.39 is 0 Å². The van der Waals surface area contributed by atoms with Crippen LogP contribution in [0.25, 0.3) is 0 Å². The average Bonchev–Trinajstić information content (AvgIpc) is 3.13. The summed E-state index contributed by atoms with van der Waals surface area (Å²) in [5.41, 5.74) is 1.95. The van der Waals surface area contributed by atoms with E-state index in [-0.39, 0.29) is 11.9 Å². The van der Waals surface area contributed by atoms with Gasteiger partial charge in [0.2, 0.25) is 5.91 Å². The second kappa shape index (κ2) is 10.1. The number of morpholine rings is 1. The first-order valence-electron chi connectivity index (χ1n) is 9.39. The minimum Gasteiger partial charge on any atom is -0.378 e. The molecule has 2 aromatic rings. The van der Waals surface area contributed by atoms with E-state index in [2.05, 4.69) is 21.7 Å². The number of amides is 1. The highest BCUT2D eigenvalue weighted by molar-refractivity contribution is 7.16. The number of carbonyl (C=O) groups is 1. The van der Waals surface area contributed by atoms with Crippen molar-refractivity contribution < 1.29 is 9.53 Å². The van der Waals surface area contributed by atoms with Crippen LogP contribution < -0.4 is 10.2 Å². The van der Waals surface area contributed by atoms with E-state index in [4.69, 9.17) is 16.3 Å². The predicted octanol–water partition coefficient (Wildman–Crippen LogP) is 4.25. The Morgan fingerprint density at radius 2 is 2.04 bits per heavy atom. The Morgan fingerprint density at radius 1 is 1.32 bits per heavy atom. The third-order valence-electron chi connectivity index (χ3n) is 4.79. The van der Waals surface area contributed by atoms with Crippen molar-refractivity contribution in [1.29, 1.82) is 0 Å². The molecule has 1 saturated heterocycles. The van der Waals surface area contributed by atoms with Gasteiger partial charge in [-0.15, -0.1) is 17.9 Å². The van der Waals surface area contributed by atoms with Crippen LogP contribution in [0.1, 0.15) is 11.8 Å². The van der Waals surface area contributed by atoms with Gasteiger partial charge in [-0.05, 0) is 43.3 Å². The first kappa shape index (κ1) is 20.9. The van der Waals surface area contributed by atoms with E-state index in [0.717, 1.165) is 46.9 Å². The van der Waals surface area contributed by atoms with Crippen LogP contribution in [0.2, 0.25) is 4.34 Å². The molecule has 1 N–H and O–H groups in total. The van der Waals surface area contributed by atoms with E-state index in [1.165, 1.54) is 11.3 Å². The maximum atomic E-state index is 12.8. The minimum absolute atomic E-state index is 0.0383. The summed E-state index contributed by atoms with van der Waals surface area (Å²) >= 11 is 7.56. The maximum absolute atomic E-state index is 12.8. The Balaban J connectivity index is 1.60. The summed E-state index contributed by atoms with van der Waals surface area (Å²) in [7, 11) is 0. The number of hydrogen-bond acceptors (Lipinski definition) is 5. The molecule has 1 aliphatic rings. The number of ether oxygens (including phenoxy) is 1. The van der Waals surface area contributed by atoms with Crippen molar-refractivity contribution in [3.05, 3.63) is 58.3 Å².